The number of carbonyl (C=O) groups excluding carboxylic acids is 4. The van der Waals surface area contributed by atoms with Crippen LogP contribution in [-0.2, 0) is 43.2 Å². The van der Waals surface area contributed by atoms with Gasteiger partial charge in [0.2, 0.25) is 17.7 Å². The maximum Gasteiger partial charge on any atom is 0.326 e. The first-order valence-corrected chi connectivity index (χ1v) is 30.2. The molecule has 2 aliphatic rings. The van der Waals surface area contributed by atoms with Crippen molar-refractivity contribution >= 4 is 118 Å². The number of nitrogens with one attached hydrogen (secondary N) is 3. The van der Waals surface area contributed by atoms with Crippen LogP contribution in [0.15, 0.2) is 0 Å². The third-order valence-electron chi connectivity index (χ3n) is 11.3. The number of hydrogen-bond acceptors (Lipinski definition) is 15. The van der Waals surface area contributed by atoms with E-state index in [1.165, 1.54) is 51.4 Å². The SMILES string of the molecule is O=C(O)CCCCCCCCCCCCCCCCCCC(=O)C[C@@H](CCC(=O)N[C@@H](CCC(=O)N[C@@H](CCC(=O)NCCCC[C@@H](C(=O)O)C1SSC2(SS1)SS2)C(=O)O)C(=O)O)C(=O)O.[HH]. The number of hydrogen-bond donors (Lipinski definition) is 8. The molecule has 67 heavy (non-hydrogen) atoms. The molecule has 384 valence electrons. The third kappa shape index (κ3) is 29.3. The fourth-order valence-electron chi connectivity index (χ4n) is 7.31. The minimum atomic E-state index is -1.52. The van der Waals surface area contributed by atoms with Crippen LogP contribution in [0.2, 0.25) is 0 Å². The van der Waals surface area contributed by atoms with E-state index in [0.717, 1.165) is 44.9 Å². The average Bonchev–Trinajstić information content (AvgIpc) is 4.03. The Hall–Kier alpha value is -2.47. The zero-order valence-electron chi connectivity index (χ0n) is 38.3. The van der Waals surface area contributed by atoms with Crippen molar-refractivity contribution < 1.29 is 70.1 Å². The van der Waals surface area contributed by atoms with Crippen molar-refractivity contribution in [2.45, 2.75) is 199 Å². The molecule has 2 heterocycles. The summed E-state index contributed by atoms with van der Waals surface area (Å²) in [5.41, 5.74) is 0. The van der Waals surface area contributed by atoms with E-state index in [1.807, 2.05) is 0 Å². The lowest BCUT2D eigenvalue weighted by atomic mass is 9.94. The summed E-state index contributed by atoms with van der Waals surface area (Å²) in [6.45, 7) is 0.268. The summed E-state index contributed by atoms with van der Waals surface area (Å²) in [4.78, 5) is 108. The van der Waals surface area contributed by atoms with Crippen molar-refractivity contribution in [3.63, 3.8) is 0 Å². The molecule has 2 saturated heterocycles. The van der Waals surface area contributed by atoms with E-state index in [4.69, 9.17) is 5.11 Å². The average molecular weight is 1060 g/mol. The van der Waals surface area contributed by atoms with Gasteiger partial charge in [-0.05, 0) is 66.5 Å². The Bertz CT molecular complexity index is 1590. The monoisotopic (exact) mass is 1060 g/mol. The van der Waals surface area contributed by atoms with Crippen LogP contribution < -0.4 is 16.0 Å². The largest absolute Gasteiger partial charge is 0.481 e. The lowest BCUT2D eigenvalue weighted by molar-refractivity contribution is -0.145. The molecule has 0 aromatic carbocycles. The van der Waals surface area contributed by atoms with E-state index in [-0.39, 0.29) is 72.4 Å². The van der Waals surface area contributed by atoms with Gasteiger partial charge in [0.1, 0.15) is 17.9 Å². The number of unbranched alkanes of at least 4 members (excludes halogenated alkanes) is 16. The fraction of sp³-hybridized carbons (Fsp3) is 0.795. The molecule has 2 aliphatic heterocycles. The lowest BCUT2D eigenvalue weighted by Crippen LogP contribution is -2.44. The summed E-state index contributed by atoms with van der Waals surface area (Å²) >= 11 is 0. The normalized spacial score (nSPS) is 16.0. The van der Waals surface area contributed by atoms with Crippen LogP contribution in [0.25, 0.3) is 0 Å². The maximum absolute atomic E-state index is 12.6. The molecular weight excluding hydrogens is 987 g/mol. The quantitative estimate of drug-likeness (QED) is 0.0160. The number of amides is 3. The summed E-state index contributed by atoms with van der Waals surface area (Å²) in [5, 5.41) is 54.6. The van der Waals surface area contributed by atoms with Gasteiger partial charge in [0.15, 0.2) is 2.74 Å². The van der Waals surface area contributed by atoms with Crippen molar-refractivity contribution in [3.05, 3.63) is 0 Å². The predicted molar refractivity (Wildman–Crippen MR) is 270 cm³/mol. The molecule has 1 spiro atoms. The minimum Gasteiger partial charge on any atom is -0.481 e. The van der Waals surface area contributed by atoms with Gasteiger partial charge in [-0.1, -0.05) is 139 Å². The standard InChI is InChI=1S/C44H71N3O14S6.H2/c48-31(19-15-13-11-9-7-5-3-1-2-4-6-8-10-12-14-16-21-38(52)53)29-30(39(54)55)22-25-36(50)46-34(42(60)61)24-27-37(51)47-33(41(58)59)23-26-35(49)45-28-18-17-20-32(40(56)57)43-62-64-44(65-63-43)66-67-44;/h30,32-34,43H,1-29H2,(H,45,49)(H,46,50)(H,47,51)(H,52,53)(H,54,55)(H,56,57)(H,58,59)(H,60,61);1H/t30-,32+,33+,34+;/m1./s1. The molecule has 2 fully saturated rings. The van der Waals surface area contributed by atoms with Gasteiger partial charge in [-0.25, -0.2) is 9.59 Å². The smallest absolute Gasteiger partial charge is 0.326 e. The number of ketones is 1. The Kier molecular flexibility index (Phi) is 32.2. The summed E-state index contributed by atoms with van der Waals surface area (Å²) in [6.07, 6.45) is 17.2. The zero-order valence-corrected chi connectivity index (χ0v) is 43.2. The van der Waals surface area contributed by atoms with Gasteiger partial charge in [-0.15, -0.1) is 0 Å². The molecule has 23 heteroatoms. The Labute approximate surface area is 419 Å². The first kappa shape index (κ1) is 60.7. The Morgan fingerprint density at radius 3 is 1.30 bits per heavy atom. The third-order valence-corrected chi connectivity index (χ3v) is 25.2. The van der Waals surface area contributed by atoms with Gasteiger partial charge in [0.05, 0.1) is 16.4 Å². The molecule has 0 aromatic rings. The van der Waals surface area contributed by atoms with Crippen LogP contribution in [0, 0.1) is 11.8 Å². The zero-order chi connectivity index (χ0) is 49.5. The highest BCUT2D eigenvalue weighted by Gasteiger charge is 2.53. The molecule has 8 N–H and O–H groups in total. The number of rotatable bonds is 42. The van der Waals surface area contributed by atoms with Gasteiger partial charge >= 0.3 is 29.8 Å². The van der Waals surface area contributed by atoms with Crippen molar-refractivity contribution in [2.75, 3.05) is 6.54 Å². The number of carboxylic acid groups (broad SMARTS) is 5. The van der Waals surface area contributed by atoms with Gasteiger partial charge in [0, 0.05) is 46.5 Å². The molecule has 17 nitrogen and oxygen atoms in total. The molecule has 0 aliphatic carbocycles. The van der Waals surface area contributed by atoms with E-state index in [1.54, 1.807) is 64.8 Å². The van der Waals surface area contributed by atoms with Crippen LogP contribution in [-0.4, -0.2) is 105 Å². The predicted octanol–water partition coefficient (Wildman–Crippen LogP) is 9.57. The maximum atomic E-state index is 12.6. The fourth-order valence-corrected chi connectivity index (χ4v) is 21.1. The van der Waals surface area contributed by atoms with Crippen LogP contribution in [0.5, 0.6) is 0 Å². The molecule has 0 bridgehead atoms. The van der Waals surface area contributed by atoms with E-state index in [0.29, 0.717) is 25.7 Å². The highest BCUT2D eigenvalue weighted by molar-refractivity contribution is 9.14. The molecule has 2 rings (SSSR count). The molecule has 4 atom stereocenters. The van der Waals surface area contributed by atoms with Crippen molar-refractivity contribution in [1.29, 1.82) is 0 Å². The second kappa shape index (κ2) is 35.6. The number of carbonyl (C=O) groups is 9. The molecule has 0 aromatic heterocycles. The van der Waals surface area contributed by atoms with E-state index < -0.39 is 77.9 Å². The summed E-state index contributed by atoms with van der Waals surface area (Å²) in [7, 11) is 10.1. The van der Waals surface area contributed by atoms with Crippen LogP contribution in [0.3, 0.4) is 0 Å². The van der Waals surface area contributed by atoms with Gasteiger partial charge in [0.25, 0.3) is 0 Å². The van der Waals surface area contributed by atoms with Crippen molar-refractivity contribution in [1.82, 2.24) is 16.0 Å². The van der Waals surface area contributed by atoms with Crippen LogP contribution in [0.4, 0.5) is 0 Å². The van der Waals surface area contributed by atoms with E-state index in [2.05, 4.69) is 16.0 Å². The Morgan fingerprint density at radius 2 is 0.881 bits per heavy atom. The molecule has 0 radical (unpaired) electrons. The van der Waals surface area contributed by atoms with Gasteiger partial charge in [-0.2, -0.15) is 0 Å². The number of aliphatic carboxylic acids is 5. The van der Waals surface area contributed by atoms with Crippen molar-refractivity contribution in [3.8, 4) is 0 Å². The summed E-state index contributed by atoms with van der Waals surface area (Å²) in [5.74, 6) is -9.55. The topological polar surface area (TPSA) is 291 Å². The summed E-state index contributed by atoms with van der Waals surface area (Å²) in [6, 6.07) is -2.96. The number of carboxylic acids is 5. The van der Waals surface area contributed by atoms with Gasteiger partial charge < -0.3 is 41.5 Å². The highest BCUT2D eigenvalue weighted by Crippen LogP contribution is 2.84. The first-order chi connectivity index (χ1) is 32.0. The molecular formula is C44H73N3O14S6. The molecule has 3 amide bonds. The van der Waals surface area contributed by atoms with E-state index in [9.17, 15) is 63.6 Å². The number of Topliss-reactive ketones (excluding diaryl/α,β-unsaturated/α-hetero) is 1. The van der Waals surface area contributed by atoms with Crippen LogP contribution in [0.1, 0.15) is 181 Å². The molecule has 0 unspecified atom stereocenters. The Balaban J connectivity index is 0.0000231. The molecule has 0 saturated carbocycles. The van der Waals surface area contributed by atoms with Gasteiger partial charge in [-0.3, -0.25) is 33.6 Å². The van der Waals surface area contributed by atoms with Crippen molar-refractivity contribution in [2.24, 2.45) is 11.8 Å². The minimum absolute atomic E-state index is 0. The second-order valence-corrected chi connectivity index (χ2v) is 26.6. The Morgan fingerprint density at radius 1 is 0.448 bits per heavy atom. The lowest BCUT2D eigenvalue weighted by Gasteiger charge is -2.27. The first-order valence-electron chi connectivity index (χ1n) is 23.6. The second-order valence-electron chi connectivity index (χ2n) is 17.0. The van der Waals surface area contributed by atoms with E-state index >= 15 is 0 Å². The van der Waals surface area contributed by atoms with Crippen LogP contribution >= 0.6 is 64.8 Å². The highest BCUT2D eigenvalue weighted by atomic mass is 33.2. The summed E-state index contributed by atoms with van der Waals surface area (Å²) < 4.78 is -0.0107.